The number of ether oxygens (including phenoxy) is 2. The molecule has 170 valence electrons. The van der Waals surface area contributed by atoms with E-state index in [9.17, 15) is 5.11 Å². The molecule has 0 saturated carbocycles. The average molecular weight is 447 g/mol. The second-order valence-electron chi connectivity index (χ2n) is 7.67. The highest BCUT2D eigenvalue weighted by atomic mass is 16.5. The molecule has 5 rings (SSSR count). The second-order valence-corrected chi connectivity index (χ2v) is 7.67. The number of methoxy groups -OCH3 is 1. The van der Waals surface area contributed by atoms with Gasteiger partial charge in [-0.3, -0.25) is 0 Å². The summed E-state index contributed by atoms with van der Waals surface area (Å²) in [6.07, 6.45) is 5.33. The Hall–Kier alpha value is -3.76. The lowest BCUT2D eigenvalue weighted by Gasteiger charge is -2.28. The Bertz CT molecular complexity index is 1220. The molecule has 10 heteroatoms. The molecule has 0 spiro atoms. The lowest BCUT2D eigenvalue weighted by Crippen LogP contribution is -2.37. The number of rotatable bonds is 7. The highest BCUT2D eigenvalue weighted by molar-refractivity contribution is 5.73. The summed E-state index contributed by atoms with van der Waals surface area (Å²) in [6, 6.07) is 9.71. The number of morpholine rings is 1. The summed E-state index contributed by atoms with van der Waals surface area (Å²) in [6.45, 7) is 3.27. The Morgan fingerprint density at radius 2 is 1.88 bits per heavy atom. The Balaban J connectivity index is 1.38. The number of aliphatic hydroxyl groups excluding tert-OH is 1. The van der Waals surface area contributed by atoms with Crippen LogP contribution in [0.15, 0.2) is 48.9 Å². The van der Waals surface area contributed by atoms with E-state index in [1.165, 1.54) is 0 Å². The zero-order valence-electron chi connectivity index (χ0n) is 18.3. The quantitative estimate of drug-likeness (QED) is 0.440. The fraction of sp³-hybridized carbons (Fsp3) is 0.304. The molecule has 1 aliphatic heterocycles. The van der Waals surface area contributed by atoms with Crippen LogP contribution in [0.5, 0.6) is 5.75 Å². The van der Waals surface area contributed by atoms with Crippen molar-refractivity contribution in [2.24, 2.45) is 0 Å². The smallest absolute Gasteiger partial charge is 0.222 e. The van der Waals surface area contributed by atoms with E-state index in [0.29, 0.717) is 37.1 Å². The SMILES string of the molecule is COc1ccc(CNc2ncc(-c3cn4nc(CO)cc4c(N4CCOCC4)n3)cn2)cc1. The second kappa shape index (κ2) is 9.39. The molecule has 0 atom stereocenters. The standard InChI is InChI=1S/C23H25N7O3/c1-32-19-4-2-16(3-5-19)11-24-23-25-12-17(13-26-23)20-14-30-21(10-18(15-31)28-30)22(27-20)29-6-8-33-9-7-29/h2-5,10,12-14,31H,6-9,11,15H2,1H3,(H,24,25,26). The Morgan fingerprint density at radius 3 is 2.58 bits per heavy atom. The predicted octanol–water partition coefficient (Wildman–Crippen LogP) is 2.14. The number of benzene rings is 1. The molecule has 0 radical (unpaired) electrons. The summed E-state index contributed by atoms with van der Waals surface area (Å²) in [4.78, 5) is 16.0. The lowest BCUT2D eigenvalue weighted by atomic mass is 10.2. The molecule has 1 saturated heterocycles. The van der Waals surface area contributed by atoms with Crippen molar-refractivity contribution in [3.63, 3.8) is 0 Å². The van der Waals surface area contributed by atoms with E-state index in [2.05, 4.69) is 25.3 Å². The van der Waals surface area contributed by atoms with Crippen LogP contribution in [0.4, 0.5) is 11.8 Å². The van der Waals surface area contributed by atoms with Crippen molar-refractivity contribution in [1.29, 1.82) is 0 Å². The number of anilines is 2. The number of hydrogen-bond acceptors (Lipinski definition) is 9. The summed E-state index contributed by atoms with van der Waals surface area (Å²) in [5.74, 6) is 2.17. The molecule has 1 aromatic carbocycles. The molecule has 0 aliphatic carbocycles. The van der Waals surface area contributed by atoms with Crippen LogP contribution in [0.25, 0.3) is 16.8 Å². The molecular formula is C23H25N7O3. The van der Waals surface area contributed by atoms with E-state index in [0.717, 1.165) is 41.3 Å². The van der Waals surface area contributed by atoms with Crippen LogP contribution in [0.2, 0.25) is 0 Å². The van der Waals surface area contributed by atoms with Gasteiger partial charge >= 0.3 is 0 Å². The minimum Gasteiger partial charge on any atom is -0.497 e. The van der Waals surface area contributed by atoms with Crippen LogP contribution >= 0.6 is 0 Å². The Labute approximate surface area is 190 Å². The van der Waals surface area contributed by atoms with E-state index < -0.39 is 0 Å². The molecule has 10 nitrogen and oxygen atoms in total. The fourth-order valence-electron chi connectivity index (χ4n) is 3.73. The van der Waals surface area contributed by atoms with Gasteiger partial charge in [0.2, 0.25) is 5.95 Å². The van der Waals surface area contributed by atoms with Gasteiger partial charge in [-0.2, -0.15) is 5.10 Å². The van der Waals surface area contributed by atoms with Gasteiger partial charge in [0.25, 0.3) is 0 Å². The normalized spacial score (nSPS) is 13.9. The fourth-order valence-corrected chi connectivity index (χ4v) is 3.73. The first kappa shape index (κ1) is 21.1. The van der Waals surface area contributed by atoms with Crippen LogP contribution in [0.1, 0.15) is 11.3 Å². The molecule has 4 heterocycles. The van der Waals surface area contributed by atoms with Crippen LogP contribution in [0, 0.1) is 0 Å². The summed E-state index contributed by atoms with van der Waals surface area (Å²) >= 11 is 0. The third-order valence-electron chi connectivity index (χ3n) is 5.52. The van der Waals surface area contributed by atoms with Gasteiger partial charge in [0.15, 0.2) is 5.82 Å². The van der Waals surface area contributed by atoms with Crippen molar-refractivity contribution < 1.29 is 14.6 Å². The number of hydrogen-bond donors (Lipinski definition) is 2. The Kier molecular flexibility index (Phi) is 6.01. The average Bonchev–Trinajstić information content (AvgIpc) is 3.31. The monoisotopic (exact) mass is 447 g/mol. The molecule has 33 heavy (non-hydrogen) atoms. The van der Waals surface area contributed by atoms with E-state index in [4.69, 9.17) is 14.5 Å². The largest absolute Gasteiger partial charge is 0.497 e. The van der Waals surface area contributed by atoms with Gasteiger partial charge in [-0.15, -0.1) is 0 Å². The maximum atomic E-state index is 9.55. The van der Waals surface area contributed by atoms with Crippen molar-refractivity contribution >= 4 is 17.3 Å². The van der Waals surface area contributed by atoms with Gasteiger partial charge in [0.1, 0.15) is 11.3 Å². The molecule has 0 amide bonds. The number of nitrogens with zero attached hydrogens (tertiary/aromatic N) is 6. The van der Waals surface area contributed by atoms with Crippen molar-refractivity contribution in [3.8, 4) is 17.0 Å². The molecule has 0 bridgehead atoms. The van der Waals surface area contributed by atoms with Gasteiger partial charge in [-0.05, 0) is 23.8 Å². The van der Waals surface area contributed by atoms with Crippen LogP contribution < -0.4 is 15.0 Å². The van der Waals surface area contributed by atoms with Crippen LogP contribution in [-0.2, 0) is 17.9 Å². The third kappa shape index (κ3) is 4.57. The molecule has 1 fully saturated rings. The van der Waals surface area contributed by atoms with Gasteiger partial charge < -0.3 is 24.8 Å². The summed E-state index contributed by atoms with van der Waals surface area (Å²) in [7, 11) is 1.65. The zero-order chi connectivity index (χ0) is 22.6. The van der Waals surface area contributed by atoms with Gasteiger partial charge in [0, 0.05) is 37.6 Å². The predicted molar refractivity (Wildman–Crippen MR) is 123 cm³/mol. The van der Waals surface area contributed by atoms with Crippen molar-refractivity contribution in [3.05, 3.63) is 60.2 Å². The molecule has 2 N–H and O–H groups in total. The highest BCUT2D eigenvalue weighted by Gasteiger charge is 2.19. The first-order valence-electron chi connectivity index (χ1n) is 10.8. The minimum absolute atomic E-state index is 0.128. The first-order valence-corrected chi connectivity index (χ1v) is 10.8. The maximum absolute atomic E-state index is 9.55. The summed E-state index contributed by atoms with van der Waals surface area (Å²) in [5.41, 5.74) is 4.03. The number of aliphatic hydroxyl groups is 1. The van der Waals surface area contributed by atoms with E-state index in [1.807, 2.05) is 36.5 Å². The van der Waals surface area contributed by atoms with Gasteiger partial charge in [-0.1, -0.05) is 12.1 Å². The topological polar surface area (TPSA) is 110 Å². The molecule has 1 aliphatic rings. The number of fused-ring (bicyclic) bond motifs is 1. The van der Waals surface area contributed by atoms with E-state index in [-0.39, 0.29) is 6.61 Å². The molecular weight excluding hydrogens is 422 g/mol. The van der Waals surface area contributed by atoms with Crippen molar-refractivity contribution in [2.45, 2.75) is 13.2 Å². The first-order chi connectivity index (χ1) is 16.2. The van der Waals surface area contributed by atoms with Crippen molar-refractivity contribution in [2.75, 3.05) is 43.6 Å². The van der Waals surface area contributed by atoms with Gasteiger partial charge in [0.05, 0.1) is 44.5 Å². The third-order valence-corrected chi connectivity index (χ3v) is 5.52. The lowest BCUT2D eigenvalue weighted by molar-refractivity contribution is 0.122. The highest BCUT2D eigenvalue weighted by Crippen LogP contribution is 2.26. The van der Waals surface area contributed by atoms with E-state index >= 15 is 0 Å². The zero-order valence-corrected chi connectivity index (χ0v) is 18.3. The molecule has 3 aromatic heterocycles. The Morgan fingerprint density at radius 1 is 1.12 bits per heavy atom. The van der Waals surface area contributed by atoms with Gasteiger partial charge in [-0.25, -0.2) is 19.5 Å². The van der Waals surface area contributed by atoms with Crippen LogP contribution in [0.3, 0.4) is 0 Å². The molecule has 0 unspecified atom stereocenters. The maximum Gasteiger partial charge on any atom is 0.222 e. The van der Waals surface area contributed by atoms with E-state index in [1.54, 1.807) is 24.0 Å². The summed E-state index contributed by atoms with van der Waals surface area (Å²) < 4.78 is 12.4. The number of aromatic nitrogens is 5. The van der Waals surface area contributed by atoms with Crippen LogP contribution in [-0.4, -0.2) is 63.1 Å². The summed E-state index contributed by atoms with van der Waals surface area (Å²) in [5, 5.41) is 17.3. The van der Waals surface area contributed by atoms with Crippen molar-refractivity contribution in [1.82, 2.24) is 24.6 Å². The molecule has 4 aromatic rings. The number of nitrogens with one attached hydrogen (secondary N) is 1. The minimum atomic E-state index is -0.128.